The van der Waals surface area contributed by atoms with Gasteiger partial charge in [0.2, 0.25) is 0 Å². The fraction of sp³-hybridized carbons (Fsp3) is 0.417. The first-order valence-electron chi connectivity index (χ1n) is 5.60. The van der Waals surface area contributed by atoms with Crippen molar-refractivity contribution in [3.8, 4) is 0 Å². The molecule has 2 N–H and O–H groups in total. The quantitative estimate of drug-likeness (QED) is 0.789. The Hall–Kier alpha value is -1.39. The first kappa shape index (κ1) is 11.1. The summed E-state index contributed by atoms with van der Waals surface area (Å²) in [6.45, 7) is 4.09. The van der Waals surface area contributed by atoms with Gasteiger partial charge in [0.05, 0.1) is 30.0 Å². The lowest BCUT2D eigenvalue weighted by molar-refractivity contribution is 0.153. The van der Waals surface area contributed by atoms with Gasteiger partial charge in [-0.15, -0.1) is 0 Å². The van der Waals surface area contributed by atoms with Crippen LogP contribution in [0.5, 0.6) is 0 Å². The number of hydrogen-bond donors (Lipinski definition) is 2. The second-order valence-corrected chi connectivity index (χ2v) is 3.85. The molecule has 0 aliphatic carbocycles. The van der Waals surface area contributed by atoms with Crippen molar-refractivity contribution >= 4 is 11.0 Å². The Kier molecular flexibility index (Phi) is 3.54. The number of likely N-dealkylation sites (N-methyl/N-ethyl adjacent to an activating group) is 1. The van der Waals surface area contributed by atoms with Crippen LogP contribution in [0.1, 0.15) is 6.92 Å². The van der Waals surface area contributed by atoms with Crippen molar-refractivity contribution in [3.05, 3.63) is 30.6 Å². The van der Waals surface area contributed by atoms with Crippen molar-refractivity contribution in [3.63, 3.8) is 0 Å². The molecule has 0 fully saturated rings. The predicted octanol–water partition coefficient (Wildman–Crippen LogP) is 1.01. The molecular weight excluding hydrogens is 202 g/mol. The highest BCUT2D eigenvalue weighted by Crippen LogP contribution is 2.11. The molecule has 4 heteroatoms. The SMILES string of the molecule is CCNCC(O)Cn1cnc2ccccc21. The normalized spacial score (nSPS) is 13.1. The largest absolute Gasteiger partial charge is 0.390 e. The fourth-order valence-electron chi connectivity index (χ4n) is 1.76. The van der Waals surface area contributed by atoms with Gasteiger partial charge in [-0.25, -0.2) is 4.98 Å². The standard InChI is InChI=1S/C12H17N3O/c1-2-13-7-10(16)8-15-9-14-11-5-3-4-6-12(11)15/h3-6,9-10,13,16H,2,7-8H2,1H3. The van der Waals surface area contributed by atoms with Crippen LogP contribution in [0.4, 0.5) is 0 Å². The van der Waals surface area contributed by atoms with Crippen molar-refractivity contribution in [1.82, 2.24) is 14.9 Å². The molecule has 1 aromatic carbocycles. The van der Waals surface area contributed by atoms with Crippen LogP contribution in [0.25, 0.3) is 11.0 Å². The molecule has 0 spiro atoms. The van der Waals surface area contributed by atoms with Crippen LogP contribution in [-0.2, 0) is 6.54 Å². The molecule has 2 rings (SSSR count). The Balaban J connectivity index is 2.09. The van der Waals surface area contributed by atoms with E-state index >= 15 is 0 Å². The predicted molar refractivity (Wildman–Crippen MR) is 64.3 cm³/mol. The number of nitrogens with one attached hydrogen (secondary N) is 1. The van der Waals surface area contributed by atoms with Gasteiger partial charge in [-0.2, -0.15) is 0 Å². The maximum absolute atomic E-state index is 9.80. The molecule has 0 amide bonds. The Bertz CT molecular complexity index is 452. The Morgan fingerprint density at radius 2 is 2.25 bits per heavy atom. The Labute approximate surface area is 94.9 Å². The average Bonchev–Trinajstić information content (AvgIpc) is 2.70. The summed E-state index contributed by atoms with van der Waals surface area (Å²) in [7, 11) is 0. The van der Waals surface area contributed by atoms with Crippen LogP contribution < -0.4 is 5.32 Å². The number of rotatable bonds is 5. The summed E-state index contributed by atoms with van der Waals surface area (Å²) in [4.78, 5) is 4.28. The third-order valence-electron chi connectivity index (χ3n) is 2.56. The second-order valence-electron chi connectivity index (χ2n) is 3.85. The minimum absolute atomic E-state index is 0.377. The van der Waals surface area contributed by atoms with Gasteiger partial charge in [0.15, 0.2) is 0 Å². The van der Waals surface area contributed by atoms with E-state index in [0.29, 0.717) is 13.1 Å². The highest BCUT2D eigenvalue weighted by atomic mass is 16.3. The van der Waals surface area contributed by atoms with Crippen molar-refractivity contribution in [1.29, 1.82) is 0 Å². The van der Waals surface area contributed by atoms with E-state index in [1.807, 2.05) is 35.8 Å². The summed E-state index contributed by atoms with van der Waals surface area (Å²) in [5.74, 6) is 0. The molecule has 0 bridgehead atoms. The number of fused-ring (bicyclic) bond motifs is 1. The van der Waals surface area contributed by atoms with Gasteiger partial charge in [-0.05, 0) is 18.7 Å². The van der Waals surface area contributed by atoms with Gasteiger partial charge < -0.3 is 15.0 Å². The zero-order valence-corrected chi connectivity index (χ0v) is 9.43. The molecule has 1 aromatic heterocycles. The van der Waals surface area contributed by atoms with Crippen LogP contribution in [0.2, 0.25) is 0 Å². The molecular formula is C12H17N3O. The van der Waals surface area contributed by atoms with E-state index in [0.717, 1.165) is 17.6 Å². The number of benzene rings is 1. The van der Waals surface area contributed by atoms with Gasteiger partial charge in [0, 0.05) is 6.54 Å². The summed E-state index contributed by atoms with van der Waals surface area (Å²) in [6, 6.07) is 7.94. The number of para-hydroxylation sites is 2. The molecule has 1 unspecified atom stereocenters. The van der Waals surface area contributed by atoms with Crippen molar-refractivity contribution in [2.75, 3.05) is 13.1 Å². The van der Waals surface area contributed by atoms with E-state index in [-0.39, 0.29) is 6.10 Å². The maximum Gasteiger partial charge on any atom is 0.0959 e. The van der Waals surface area contributed by atoms with Crippen molar-refractivity contribution in [2.45, 2.75) is 19.6 Å². The van der Waals surface area contributed by atoms with Crippen LogP contribution >= 0.6 is 0 Å². The number of aliphatic hydroxyl groups excluding tert-OH is 1. The van der Waals surface area contributed by atoms with E-state index in [9.17, 15) is 5.11 Å². The average molecular weight is 219 g/mol. The maximum atomic E-state index is 9.80. The van der Waals surface area contributed by atoms with Gasteiger partial charge in [0.25, 0.3) is 0 Å². The first-order chi connectivity index (χ1) is 7.81. The minimum Gasteiger partial charge on any atom is -0.390 e. The zero-order valence-electron chi connectivity index (χ0n) is 9.43. The summed E-state index contributed by atoms with van der Waals surface area (Å²) in [6.07, 6.45) is 1.40. The molecule has 2 aromatic rings. The lowest BCUT2D eigenvalue weighted by Gasteiger charge is -2.12. The summed E-state index contributed by atoms with van der Waals surface area (Å²) >= 11 is 0. The topological polar surface area (TPSA) is 50.1 Å². The van der Waals surface area contributed by atoms with Crippen LogP contribution in [-0.4, -0.2) is 33.9 Å². The third kappa shape index (κ3) is 2.40. The molecule has 0 saturated heterocycles. The number of aromatic nitrogens is 2. The highest BCUT2D eigenvalue weighted by Gasteiger charge is 2.07. The van der Waals surface area contributed by atoms with Gasteiger partial charge >= 0.3 is 0 Å². The molecule has 4 nitrogen and oxygen atoms in total. The van der Waals surface area contributed by atoms with Gasteiger partial charge in [0.1, 0.15) is 0 Å². The summed E-state index contributed by atoms with van der Waals surface area (Å²) in [5, 5.41) is 12.9. The van der Waals surface area contributed by atoms with E-state index < -0.39 is 0 Å². The fourth-order valence-corrected chi connectivity index (χ4v) is 1.76. The number of hydrogen-bond acceptors (Lipinski definition) is 3. The van der Waals surface area contributed by atoms with E-state index in [1.165, 1.54) is 0 Å². The van der Waals surface area contributed by atoms with Crippen LogP contribution in [0, 0.1) is 0 Å². The molecule has 86 valence electrons. The molecule has 0 aliphatic rings. The molecule has 16 heavy (non-hydrogen) atoms. The molecule has 1 heterocycles. The monoisotopic (exact) mass is 219 g/mol. The lowest BCUT2D eigenvalue weighted by atomic mass is 10.3. The van der Waals surface area contributed by atoms with Gasteiger partial charge in [-0.3, -0.25) is 0 Å². The number of aliphatic hydroxyl groups is 1. The summed E-state index contributed by atoms with van der Waals surface area (Å²) in [5.41, 5.74) is 2.04. The second kappa shape index (κ2) is 5.09. The Morgan fingerprint density at radius 3 is 3.06 bits per heavy atom. The minimum atomic E-state index is -0.377. The molecule has 1 atom stereocenters. The first-order valence-corrected chi connectivity index (χ1v) is 5.60. The van der Waals surface area contributed by atoms with Crippen molar-refractivity contribution < 1.29 is 5.11 Å². The molecule has 0 aliphatic heterocycles. The highest BCUT2D eigenvalue weighted by molar-refractivity contribution is 5.74. The molecule has 0 radical (unpaired) electrons. The van der Waals surface area contributed by atoms with E-state index in [2.05, 4.69) is 10.3 Å². The van der Waals surface area contributed by atoms with Crippen molar-refractivity contribution in [2.24, 2.45) is 0 Å². The summed E-state index contributed by atoms with van der Waals surface area (Å²) < 4.78 is 1.98. The van der Waals surface area contributed by atoms with Crippen LogP contribution in [0.15, 0.2) is 30.6 Å². The van der Waals surface area contributed by atoms with Crippen LogP contribution in [0.3, 0.4) is 0 Å². The van der Waals surface area contributed by atoms with E-state index in [1.54, 1.807) is 6.33 Å². The lowest BCUT2D eigenvalue weighted by Crippen LogP contribution is -2.29. The molecule has 0 saturated carbocycles. The Morgan fingerprint density at radius 1 is 1.44 bits per heavy atom. The smallest absolute Gasteiger partial charge is 0.0959 e. The number of nitrogens with zero attached hydrogens (tertiary/aromatic N) is 2. The van der Waals surface area contributed by atoms with E-state index in [4.69, 9.17) is 0 Å². The third-order valence-corrected chi connectivity index (χ3v) is 2.56. The van der Waals surface area contributed by atoms with Gasteiger partial charge in [-0.1, -0.05) is 19.1 Å². The number of imidazole rings is 1. The zero-order chi connectivity index (χ0) is 11.4.